The van der Waals surface area contributed by atoms with Crippen LogP contribution in [-0.4, -0.2) is 76.5 Å². The highest BCUT2D eigenvalue weighted by molar-refractivity contribution is 5.84. The number of ether oxygens (including phenoxy) is 1. The monoisotopic (exact) mass is 286 g/mol. The Kier molecular flexibility index (Phi) is 4.49. The number of aliphatic carboxylic acids is 1. The summed E-state index contributed by atoms with van der Waals surface area (Å²) in [5.41, 5.74) is 0. The molecule has 0 bridgehead atoms. The summed E-state index contributed by atoms with van der Waals surface area (Å²) in [5, 5.41) is 18.4. The van der Waals surface area contributed by atoms with Gasteiger partial charge < -0.3 is 24.7 Å². The van der Waals surface area contributed by atoms with Gasteiger partial charge in [-0.2, -0.15) is 0 Å². The largest absolute Gasteiger partial charge is 0.480 e. The summed E-state index contributed by atoms with van der Waals surface area (Å²) in [6.07, 6.45) is 0.309. The van der Waals surface area contributed by atoms with Gasteiger partial charge in [0, 0.05) is 6.54 Å². The smallest absolute Gasteiger partial charge is 0.326 e. The molecular weight excluding hydrogens is 264 g/mol. The number of urea groups is 1. The number of aliphatic hydroxyl groups excluding tert-OH is 1. The number of likely N-dealkylation sites (tertiary alicyclic amines) is 1. The topological polar surface area (TPSA) is 90.3 Å². The minimum Gasteiger partial charge on any atom is -0.480 e. The Balaban J connectivity index is 2.11. The Morgan fingerprint density at radius 3 is 2.60 bits per heavy atom. The first-order chi connectivity index (χ1) is 9.45. The van der Waals surface area contributed by atoms with E-state index in [2.05, 4.69) is 0 Å². The molecule has 7 heteroatoms. The lowest BCUT2D eigenvalue weighted by molar-refractivity contribution is -0.142. The lowest BCUT2D eigenvalue weighted by Gasteiger charge is -2.40. The predicted molar refractivity (Wildman–Crippen MR) is 70.3 cm³/mol. The van der Waals surface area contributed by atoms with Crippen LogP contribution in [0.15, 0.2) is 0 Å². The second-order valence-electron chi connectivity index (χ2n) is 5.66. The number of amides is 2. The third-order valence-corrected chi connectivity index (χ3v) is 4.15. The molecule has 2 aliphatic heterocycles. The van der Waals surface area contributed by atoms with E-state index in [4.69, 9.17) is 9.84 Å². The Hall–Kier alpha value is -1.34. The van der Waals surface area contributed by atoms with Crippen molar-refractivity contribution in [2.24, 2.45) is 5.92 Å². The lowest BCUT2D eigenvalue weighted by Crippen LogP contribution is -2.57. The van der Waals surface area contributed by atoms with Crippen molar-refractivity contribution in [1.29, 1.82) is 0 Å². The predicted octanol–water partition coefficient (Wildman–Crippen LogP) is -0.0170. The van der Waals surface area contributed by atoms with Crippen LogP contribution in [0.5, 0.6) is 0 Å². The Labute approximate surface area is 118 Å². The van der Waals surface area contributed by atoms with Gasteiger partial charge >= 0.3 is 12.0 Å². The van der Waals surface area contributed by atoms with Gasteiger partial charge in [0.1, 0.15) is 6.04 Å². The molecule has 0 aromatic carbocycles. The van der Waals surface area contributed by atoms with Gasteiger partial charge in [-0.3, -0.25) is 0 Å². The highest BCUT2D eigenvalue weighted by atomic mass is 16.5. The Morgan fingerprint density at radius 1 is 1.30 bits per heavy atom. The second kappa shape index (κ2) is 5.97. The third kappa shape index (κ3) is 2.73. The number of rotatable bonds is 2. The van der Waals surface area contributed by atoms with E-state index in [0.29, 0.717) is 26.1 Å². The van der Waals surface area contributed by atoms with Crippen molar-refractivity contribution in [3.05, 3.63) is 0 Å². The zero-order chi connectivity index (χ0) is 14.9. The van der Waals surface area contributed by atoms with E-state index in [1.807, 2.05) is 13.8 Å². The van der Waals surface area contributed by atoms with Crippen LogP contribution in [0.3, 0.4) is 0 Å². The van der Waals surface area contributed by atoms with Gasteiger partial charge in [-0.05, 0) is 19.3 Å². The quantitative estimate of drug-likeness (QED) is 0.744. The SMILES string of the molecule is CC1CCN(C(=O)N2CC(CO)OCC2C)C1C(=O)O. The number of carbonyl (C=O) groups is 2. The van der Waals surface area contributed by atoms with E-state index in [1.54, 1.807) is 4.90 Å². The maximum absolute atomic E-state index is 12.6. The summed E-state index contributed by atoms with van der Waals surface area (Å²) in [6, 6.07) is -1.14. The van der Waals surface area contributed by atoms with Gasteiger partial charge in [-0.25, -0.2) is 9.59 Å². The fourth-order valence-electron chi connectivity index (χ4n) is 2.90. The van der Waals surface area contributed by atoms with E-state index < -0.39 is 18.1 Å². The van der Waals surface area contributed by atoms with Crippen LogP contribution in [0.25, 0.3) is 0 Å². The fraction of sp³-hybridized carbons (Fsp3) is 0.846. The van der Waals surface area contributed by atoms with E-state index >= 15 is 0 Å². The van der Waals surface area contributed by atoms with Crippen LogP contribution < -0.4 is 0 Å². The van der Waals surface area contributed by atoms with Crippen LogP contribution in [0, 0.1) is 5.92 Å². The molecule has 20 heavy (non-hydrogen) atoms. The summed E-state index contributed by atoms with van der Waals surface area (Å²) in [5.74, 6) is -0.996. The molecule has 4 unspecified atom stereocenters. The number of hydrogen-bond donors (Lipinski definition) is 2. The number of carboxylic acids is 1. The molecule has 2 saturated heterocycles. The van der Waals surface area contributed by atoms with Crippen LogP contribution in [0.1, 0.15) is 20.3 Å². The van der Waals surface area contributed by atoms with Crippen molar-refractivity contribution in [2.45, 2.75) is 38.5 Å². The fourth-order valence-corrected chi connectivity index (χ4v) is 2.90. The van der Waals surface area contributed by atoms with Gasteiger partial charge in [-0.1, -0.05) is 6.92 Å². The first-order valence-electron chi connectivity index (χ1n) is 6.98. The summed E-state index contributed by atoms with van der Waals surface area (Å²) < 4.78 is 5.40. The number of nitrogens with zero attached hydrogens (tertiary/aromatic N) is 2. The van der Waals surface area contributed by atoms with Crippen LogP contribution in [0.4, 0.5) is 4.79 Å². The molecule has 0 spiro atoms. The zero-order valence-corrected chi connectivity index (χ0v) is 11.9. The number of hydrogen-bond acceptors (Lipinski definition) is 4. The van der Waals surface area contributed by atoms with Gasteiger partial charge in [0.15, 0.2) is 0 Å². The number of carbonyl (C=O) groups excluding carboxylic acids is 1. The summed E-state index contributed by atoms with van der Waals surface area (Å²) in [6.45, 7) is 4.69. The maximum atomic E-state index is 12.6. The summed E-state index contributed by atoms with van der Waals surface area (Å²) in [7, 11) is 0. The minimum atomic E-state index is -0.956. The molecule has 2 fully saturated rings. The average Bonchev–Trinajstić information content (AvgIpc) is 2.80. The maximum Gasteiger partial charge on any atom is 0.326 e. The molecule has 4 atom stereocenters. The van der Waals surface area contributed by atoms with Crippen molar-refractivity contribution >= 4 is 12.0 Å². The normalized spacial score (nSPS) is 34.4. The summed E-state index contributed by atoms with van der Waals surface area (Å²) >= 11 is 0. The molecule has 2 aliphatic rings. The molecule has 7 nitrogen and oxygen atoms in total. The Morgan fingerprint density at radius 2 is 2.00 bits per heavy atom. The van der Waals surface area contributed by atoms with Gasteiger partial charge in [-0.15, -0.1) is 0 Å². The molecule has 0 aliphatic carbocycles. The molecule has 0 radical (unpaired) electrons. The minimum absolute atomic E-state index is 0.0403. The molecule has 0 saturated carbocycles. The van der Waals surface area contributed by atoms with Crippen LogP contribution in [0.2, 0.25) is 0 Å². The molecule has 0 aromatic rings. The number of morpholine rings is 1. The van der Waals surface area contributed by atoms with E-state index in [-0.39, 0.29) is 24.6 Å². The first-order valence-corrected chi connectivity index (χ1v) is 6.98. The Bertz CT molecular complexity index is 389. The standard InChI is InChI=1S/C13H22N2O5/c1-8-3-4-14(11(8)12(17)18)13(19)15-5-10(6-16)20-7-9(15)2/h8-11,16H,3-7H2,1-2H3,(H,17,18). The van der Waals surface area contributed by atoms with Crippen molar-refractivity contribution in [2.75, 3.05) is 26.3 Å². The number of carboxylic acid groups (broad SMARTS) is 1. The molecule has 114 valence electrons. The lowest BCUT2D eigenvalue weighted by atomic mass is 10.0. The average molecular weight is 286 g/mol. The molecule has 2 N–H and O–H groups in total. The van der Waals surface area contributed by atoms with Crippen molar-refractivity contribution in [3.8, 4) is 0 Å². The molecule has 2 heterocycles. The molecule has 2 rings (SSSR count). The van der Waals surface area contributed by atoms with Gasteiger partial charge in [0.2, 0.25) is 0 Å². The highest BCUT2D eigenvalue weighted by Gasteiger charge is 2.43. The van der Waals surface area contributed by atoms with Crippen molar-refractivity contribution < 1.29 is 24.5 Å². The third-order valence-electron chi connectivity index (χ3n) is 4.15. The van der Waals surface area contributed by atoms with E-state index in [1.165, 1.54) is 4.90 Å². The molecule has 0 aromatic heterocycles. The molecular formula is C13H22N2O5. The van der Waals surface area contributed by atoms with Crippen molar-refractivity contribution in [1.82, 2.24) is 9.80 Å². The highest BCUT2D eigenvalue weighted by Crippen LogP contribution is 2.26. The van der Waals surface area contributed by atoms with Crippen LogP contribution in [-0.2, 0) is 9.53 Å². The van der Waals surface area contributed by atoms with E-state index in [9.17, 15) is 14.7 Å². The van der Waals surface area contributed by atoms with Crippen molar-refractivity contribution in [3.63, 3.8) is 0 Å². The first kappa shape index (κ1) is 15.1. The second-order valence-corrected chi connectivity index (χ2v) is 5.66. The van der Waals surface area contributed by atoms with Gasteiger partial charge in [0.05, 0.1) is 31.9 Å². The number of aliphatic hydroxyl groups is 1. The summed E-state index contributed by atoms with van der Waals surface area (Å²) in [4.78, 5) is 27.0. The van der Waals surface area contributed by atoms with Crippen LogP contribution >= 0.6 is 0 Å². The van der Waals surface area contributed by atoms with E-state index in [0.717, 1.165) is 0 Å². The zero-order valence-electron chi connectivity index (χ0n) is 11.9. The molecule has 2 amide bonds. The van der Waals surface area contributed by atoms with Gasteiger partial charge in [0.25, 0.3) is 0 Å².